The van der Waals surface area contributed by atoms with Crippen molar-refractivity contribution in [3.8, 4) is 0 Å². The SMILES string of the molecule is C.CC.CCCC1/C(=C\CCCC(CCC[NH-])C(C)C)CC2C34CC(C=N)=C(N)CC3CCC124.[W]. The van der Waals surface area contributed by atoms with Gasteiger partial charge >= 0.3 is 0 Å². The zero-order valence-electron chi connectivity index (χ0n) is 22.7. The molecule has 4 N–H and O–H groups in total. The van der Waals surface area contributed by atoms with Gasteiger partial charge in [0, 0.05) is 33.0 Å². The summed E-state index contributed by atoms with van der Waals surface area (Å²) in [5.41, 5.74) is 18.8. The topological polar surface area (TPSA) is 73.7 Å². The molecule has 4 heteroatoms. The molecule has 4 rings (SSSR count). The Morgan fingerprint density at radius 1 is 1.14 bits per heavy atom. The molecule has 6 atom stereocenters. The predicted molar refractivity (Wildman–Crippen MR) is 150 cm³/mol. The Bertz CT molecular complexity index is 742. The average molecular weight is 655 g/mol. The standard InChI is InChI=1S/C28H46N3.C2H6.CH4.W/c1-4-8-24-21(10-6-5-9-20(19(2)3)11-7-14-29)15-26-27(24)13-12-23-16-25(31)22(18-30)17-28(23,26)27;1-2;;/h10,18-20,23-24,26,29-30H,4-9,11-17,31H2,1-3H3;1-2H3;1H4;/q-1;;;/b21-10-,30-18?;;;. The van der Waals surface area contributed by atoms with Crippen molar-refractivity contribution in [3.05, 3.63) is 28.7 Å². The molecule has 35 heavy (non-hydrogen) atoms. The van der Waals surface area contributed by atoms with E-state index in [1.165, 1.54) is 57.8 Å². The molecule has 3 fully saturated rings. The Kier molecular flexibility index (Phi) is 13.0. The number of rotatable bonds is 11. The largest absolute Gasteiger partial charge is 0.677 e. The van der Waals surface area contributed by atoms with Crippen molar-refractivity contribution in [2.45, 2.75) is 119 Å². The summed E-state index contributed by atoms with van der Waals surface area (Å²) in [6.07, 6.45) is 19.3. The quantitative estimate of drug-likeness (QED) is 0.130. The predicted octanol–water partition coefficient (Wildman–Crippen LogP) is 9.34. The Morgan fingerprint density at radius 3 is 2.43 bits per heavy atom. The number of unbranched alkanes of at least 4 members (excludes halogenated alkanes) is 1. The first kappa shape index (κ1) is 32.6. The zero-order valence-corrected chi connectivity index (χ0v) is 25.7. The molecule has 0 aromatic heterocycles. The average Bonchev–Trinajstić information content (AvgIpc) is 3.04. The third-order valence-electron chi connectivity index (χ3n) is 10.2. The van der Waals surface area contributed by atoms with Gasteiger partial charge in [0.05, 0.1) is 0 Å². The second kappa shape index (κ2) is 13.9. The molecule has 2 spiro atoms. The fourth-order valence-corrected chi connectivity index (χ4v) is 8.79. The minimum Gasteiger partial charge on any atom is -0.677 e. The minimum atomic E-state index is 0. The summed E-state index contributed by atoms with van der Waals surface area (Å²) in [6.45, 7) is 11.7. The van der Waals surface area contributed by atoms with Gasteiger partial charge in [-0.15, -0.1) is 0 Å². The molecule has 0 aromatic rings. The van der Waals surface area contributed by atoms with E-state index in [0.29, 0.717) is 17.4 Å². The van der Waals surface area contributed by atoms with Gasteiger partial charge in [-0.25, -0.2) is 0 Å². The first-order valence-corrected chi connectivity index (χ1v) is 14.3. The number of nitrogens with two attached hydrogens (primary N) is 1. The molecule has 3 nitrogen and oxygen atoms in total. The molecule has 0 aliphatic heterocycles. The van der Waals surface area contributed by atoms with Crippen LogP contribution in [0.4, 0.5) is 0 Å². The van der Waals surface area contributed by atoms with Crippen LogP contribution >= 0.6 is 0 Å². The number of nitrogens with one attached hydrogen (secondary N) is 2. The molecule has 0 aromatic carbocycles. The van der Waals surface area contributed by atoms with Crippen molar-refractivity contribution in [2.24, 2.45) is 46.2 Å². The summed E-state index contributed by atoms with van der Waals surface area (Å²) in [7, 11) is 0. The first-order chi connectivity index (χ1) is 16.0. The van der Waals surface area contributed by atoms with Crippen molar-refractivity contribution in [3.63, 3.8) is 0 Å². The van der Waals surface area contributed by atoms with Gasteiger partial charge in [0.15, 0.2) is 0 Å². The van der Waals surface area contributed by atoms with E-state index >= 15 is 0 Å². The van der Waals surface area contributed by atoms with Gasteiger partial charge in [-0.2, -0.15) is 6.54 Å². The smallest absolute Gasteiger partial charge is 0.0227 e. The number of allylic oxidation sites excluding steroid dienone is 4. The van der Waals surface area contributed by atoms with Crippen LogP contribution in [0.15, 0.2) is 22.9 Å². The summed E-state index contributed by atoms with van der Waals surface area (Å²) in [5.74, 6) is 3.98. The van der Waals surface area contributed by atoms with E-state index in [-0.39, 0.29) is 28.5 Å². The van der Waals surface area contributed by atoms with Crippen molar-refractivity contribution in [1.29, 1.82) is 5.41 Å². The maximum Gasteiger partial charge on any atom is 0.0227 e. The Labute approximate surface area is 232 Å². The van der Waals surface area contributed by atoms with E-state index in [9.17, 15) is 0 Å². The number of hydrogen-bond donors (Lipinski definition) is 2. The van der Waals surface area contributed by atoms with Crippen LogP contribution in [0.5, 0.6) is 0 Å². The molecule has 0 saturated heterocycles. The zero-order chi connectivity index (χ0) is 24.2. The van der Waals surface area contributed by atoms with Crippen LogP contribution in [0.3, 0.4) is 0 Å². The Hall–Kier alpha value is -0.402. The summed E-state index contributed by atoms with van der Waals surface area (Å²) >= 11 is 0. The van der Waals surface area contributed by atoms with Gasteiger partial charge < -0.3 is 16.9 Å². The molecular formula is C31H56N3W-. The Morgan fingerprint density at radius 2 is 1.83 bits per heavy atom. The summed E-state index contributed by atoms with van der Waals surface area (Å²) in [6, 6.07) is 0. The van der Waals surface area contributed by atoms with Gasteiger partial charge in [0.25, 0.3) is 0 Å². The molecule has 0 heterocycles. The van der Waals surface area contributed by atoms with Gasteiger partial charge in [-0.05, 0) is 104 Å². The van der Waals surface area contributed by atoms with Crippen molar-refractivity contribution in [1.82, 2.24) is 0 Å². The van der Waals surface area contributed by atoms with Gasteiger partial charge in [0.1, 0.15) is 0 Å². The van der Waals surface area contributed by atoms with Gasteiger partial charge in [-0.3, -0.25) is 0 Å². The first-order valence-electron chi connectivity index (χ1n) is 14.3. The molecule has 4 aliphatic rings. The summed E-state index contributed by atoms with van der Waals surface area (Å²) < 4.78 is 0. The van der Waals surface area contributed by atoms with Crippen LogP contribution in [0.25, 0.3) is 5.73 Å². The fraction of sp³-hybridized carbons (Fsp3) is 0.839. The minimum absolute atomic E-state index is 0. The van der Waals surface area contributed by atoms with E-state index in [0.717, 1.165) is 60.1 Å². The fourth-order valence-electron chi connectivity index (χ4n) is 8.79. The molecule has 3 saturated carbocycles. The summed E-state index contributed by atoms with van der Waals surface area (Å²) in [4.78, 5) is 0. The molecule has 0 amide bonds. The molecule has 4 aliphatic carbocycles. The second-order valence-electron chi connectivity index (χ2n) is 11.6. The van der Waals surface area contributed by atoms with Crippen LogP contribution in [0, 0.1) is 45.8 Å². The number of hydrogen-bond acceptors (Lipinski definition) is 2. The normalized spacial score (nSPS) is 34.1. The third kappa shape index (κ3) is 5.57. The molecule has 0 bridgehead atoms. The van der Waals surface area contributed by atoms with Crippen LogP contribution < -0.4 is 5.73 Å². The van der Waals surface area contributed by atoms with E-state index in [1.54, 1.807) is 11.8 Å². The van der Waals surface area contributed by atoms with Crippen molar-refractivity contribution in [2.75, 3.05) is 6.54 Å². The van der Waals surface area contributed by atoms with E-state index in [4.69, 9.17) is 16.9 Å². The van der Waals surface area contributed by atoms with Crippen LogP contribution in [0.1, 0.15) is 119 Å². The van der Waals surface area contributed by atoms with Crippen LogP contribution in [-0.4, -0.2) is 12.8 Å². The molecular weight excluding hydrogens is 598 g/mol. The molecule has 6 unspecified atom stereocenters. The third-order valence-corrected chi connectivity index (χ3v) is 10.2. The molecule has 0 radical (unpaired) electrons. The molecule has 202 valence electrons. The van der Waals surface area contributed by atoms with Gasteiger partial charge in [0.2, 0.25) is 0 Å². The second-order valence-corrected chi connectivity index (χ2v) is 11.6. The van der Waals surface area contributed by atoms with Crippen molar-refractivity contribution < 1.29 is 21.1 Å². The van der Waals surface area contributed by atoms with E-state index in [1.807, 2.05) is 13.8 Å². The van der Waals surface area contributed by atoms with Crippen LogP contribution in [0.2, 0.25) is 0 Å². The van der Waals surface area contributed by atoms with E-state index in [2.05, 4.69) is 26.8 Å². The Balaban J connectivity index is 0.00000149. The van der Waals surface area contributed by atoms with Crippen LogP contribution in [-0.2, 0) is 21.1 Å². The van der Waals surface area contributed by atoms with Crippen molar-refractivity contribution >= 4 is 6.21 Å². The maximum absolute atomic E-state index is 7.89. The summed E-state index contributed by atoms with van der Waals surface area (Å²) in [5, 5.41) is 7.89. The van der Waals surface area contributed by atoms with E-state index < -0.39 is 0 Å². The van der Waals surface area contributed by atoms with Gasteiger partial charge in [-0.1, -0.05) is 73.0 Å². The maximum atomic E-state index is 7.89. The monoisotopic (exact) mass is 654 g/mol.